The Morgan fingerprint density at radius 2 is 2.00 bits per heavy atom. The van der Waals surface area contributed by atoms with E-state index in [0.717, 1.165) is 11.3 Å². The number of anilines is 1. The highest BCUT2D eigenvalue weighted by Crippen LogP contribution is 2.33. The van der Waals surface area contributed by atoms with Crippen molar-refractivity contribution in [3.05, 3.63) is 26.4 Å². The van der Waals surface area contributed by atoms with Crippen LogP contribution in [-0.4, -0.2) is 16.1 Å². The van der Waals surface area contributed by atoms with Crippen molar-refractivity contribution in [2.75, 3.05) is 5.32 Å². The zero-order valence-electron chi connectivity index (χ0n) is 8.29. The van der Waals surface area contributed by atoms with E-state index in [4.69, 9.17) is 11.6 Å². The van der Waals surface area contributed by atoms with E-state index in [9.17, 15) is 18.0 Å². The lowest BCUT2D eigenvalue weighted by atomic mass is 10.4. The molecule has 2 aromatic rings. The Morgan fingerprint density at radius 3 is 2.50 bits per heavy atom. The van der Waals surface area contributed by atoms with Crippen LogP contribution in [0.3, 0.4) is 0 Å². The molecular weight excluding hydrogens is 311 g/mol. The zero-order chi connectivity index (χ0) is 13.3. The van der Waals surface area contributed by atoms with Gasteiger partial charge in [0, 0.05) is 0 Å². The summed E-state index contributed by atoms with van der Waals surface area (Å²) in [5, 5.41) is 7.09. The van der Waals surface area contributed by atoms with E-state index in [0.29, 0.717) is 4.34 Å². The molecule has 0 aliphatic rings. The molecule has 0 aliphatic heterocycles. The molecule has 2 rings (SSSR count). The summed E-state index contributed by atoms with van der Waals surface area (Å²) in [6.45, 7) is 0. The van der Waals surface area contributed by atoms with E-state index in [2.05, 4.69) is 15.5 Å². The molecule has 0 atom stereocenters. The zero-order valence-corrected chi connectivity index (χ0v) is 10.7. The lowest BCUT2D eigenvalue weighted by Crippen LogP contribution is -2.09. The molecule has 0 aromatic carbocycles. The third kappa shape index (κ3) is 2.98. The van der Waals surface area contributed by atoms with Gasteiger partial charge in [0.05, 0.1) is 9.21 Å². The number of hydrogen-bond donors (Lipinski definition) is 1. The Kier molecular flexibility index (Phi) is 3.55. The number of nitrogens with one attached hydrogen (secondary N) is 1. The highest BCUT2D eigenvalue weighted by Gasteiger charge is 2.35. The number of hydrogen-bond acceptors (Lipinski definition) is 5. The van der Waals surface area contributed by atoms with Crippen LogP contribution in [0.25, 0.3) is 0 Å². The van der Waals surface area contributed by atoms with E-state index in [1.165, 1.54) is 12.1 Å². The number of carbonyl (C=O) groups excluding carboxylic acids is 1. The van der Waals surface area contributed by atoms with E-state index < -0.39 is 17.1 Å². The second kappa shape index (κ2) is 4.82. The van der Waals surface area contributed by atoms with Crippen molar-refractivity contribution >= 4 is 45.3 Å². The first-order valence-corrected chi connectivity index (χ1v) is 6.35. The van der Waals surface area contributed by atoms with E-state index in [-0.39, 0.29) is 21.3 Å². The van der Waals surface area contributed by atoms with Gasteiger partial charge in [-0.1, -0.05) is 22.9 Å². The quantitative estimate of drug-likeness (QED) is 0.923. The van der Waals surface area contributed by atoms with Gasteiger partial charge in [-0.25, -0.2) is 0 Å². The second-order valence-corrected chi connectivity index (χ2v) is 5.66. The normalized spacial score (nSPS) is 11.6. The summed E-state index contributed by atoms with van der Waals surface area (Å²) in [5.41, 5.74) is 0. The average Bonchev–Trinajstić information content (AvgIpc) is 2.85. The standard InChI is InChI=1S/C8H3ClF3N3OS2/c9-4-2-1-3(17-4)5(16)13-7-15-14-6(18-7)8(10,11)12/h1-2H,(H,13,15,16). The molecular formula is C8H3ClF3N3OS2. The molecule has 2 heterocycles. The Morgan fingerprint density at radius 1 is 1.28 bits per heavy atom. The van der Waals surface area contributed by atoms with Crippen LogP contribution >= 0.6 is 34.3 Å². The number of rotatable bonds is 2. The second-order valence-electron chi connectivity index (χ2n) is 2.97. The molecule has 0 fully saturated rings. The fourth-order valence-electron chi connectivity index (χ4n) is 0.983. The van der Waals surface area contributed by atoms with Gasteiger partial charge in [-0.15, -0.1) is 21.5 Å². The van der Waals surface area contributed by atoms with Crippen molar-refractivity contribution in [1.82, 2.24) is 10.2 Å². The first kappa shape index (κ1) is 13.2. The van der Waals surface area contributed by atoms with Gasteiger partial charge in [0.1, 0.15) is 0 Å². The fraction of sp³-hybridized carbons (Fsp3) is 0.125. The molecule has 2 aromatic heterocycles. The first-order valence-electron chi connectivity index (χ1n) is 4.33. The third-order valence-corrected chi connectivity index (χ3v) is 3.80. The van der Waals surface area contributed by atoms with Gasteiger partial charge >= 0.3 is 6.18 Å². The highest BCUT2D eigenvalue weighted by molar-refractivity contribution is 7.18. The summed E-state index contributed by atoms with van der Waals surface area (Å²) in [6.07, 6.45) is -4.56. The van der Waals surface area contributed by atoms with Gasteiger partial charge in [0.15, 0.2) is 0 Å². The van der Waals surface area contributed by atoms with Crippen LogP contribution in [0.2, 0.25) is 4.34 Å². The van der Waals surface area contributed by atoms with Crippen LogP contribution in [0.1, 0.15) is 14.7 Å². The monoisotopic (exact) mass is 313 g/mol. The maximum absolute atomic E-state index is 12.2. The van der Waals surface area contributed by atoms with Crippen LogP contribution in [-0.2, 0) is 6.18 Å². The van der Waals surface area contributed by atoms with Crippen molar-refractivity contribution in [2.24, 2.45) is 0 Å². The molecule has 1 N–H and O–H groups in total. The Labute approximate surface area is 111 Å². The van der Waals surface area contributed by atoms with E-state index in [1.807, 2.05) is 0 Å². The molecule has 0 spiro atoms. The molecule has 0 saturated carbocycles. The number of halogens is 4. The number of amides is 1. The van der Waals surface area contributed by atoms with Gasteiger partial charge in [-0.2, -0.15) is 13.2 Å². The predicted octanol–water partition coefficient (Wildman–Crippen LogP) is 3.52. The molecule has 0 saturated heterocycles. The van der Waals surface area contributed by atoms with Gasteiger partial charge in [-0.05, 0) is 12.1 Å². The summed E-state index contributed by atoms with van der Waals surface area (Å²) < 4.78 is 37.1. The molecule has 18 heavy (non-hydrogen) atoms. The summed E-state index contributed by atoms with van der Waals surface area (Å²) in [5.74, 6) is -0.572. The minimum atomic E-state index is -4.56. The summed E-state index contributed by atoms with van der Waals surface area (Å²) in [4.78, 5) is 11.9. The van der Waals surface area contributed by atoms with Crippen LogP contribution in [0.4, 0.5) is 18.3 Å². The molecule has 10 heteroatoms. The SMILES string of the molecule is O=C(Nc1nnc(C(F)(F)F)s1)c1ccc(Cl)s1. The number of carbonyl (C=O) groups is 1. The molecule has 0 unspecified atom stereocenters. The topological polar surface area (TPSA) is 54.9 Å². The lowest BCUT2D eigenvalue weighted by molar-refractivity contribution is -0.138. The first-order chi connectivity index (χ1) is 8.36. The summed E-state index contributed by atoms with van der Waals surface area (Å²) in [7, 11) is 0. The van der Waals surface area contributed by atoms with Crippen molar-refractivity contribution in [3.63, 3.8) is 0 Å². The number of thiophene rings is 1. The van der Waals surface area contributed by atoms with Gasteiger partial charge in [0.2, 0.25) is 10.1 Å². The number of aromatic nitrogens is 2. The van der Waals surface area contributed by atoms with Crippen molar-refractivity contribution in [3.8, 4) is 0 Å². The Hall–Kier alpha value is -1.19. The maximum atomic E-state index is 12.2. The third-order valence-electron chi connectivity index (χ3n) is 1.68. The van der Waals surface area contributed by atoms with Gasteiger partial charge in [-0.3, -0.25) is 10.1 Å². The average molecular weight is 314 g/mol. The molecule has 0 radical (unpaired) electrons. The molecule has 1 amide bonds. The molecule has 0 aliphatic carbocycles. The lowest BCUT2D eigenvalue weighted by Gasteiger charge is -1.98. The summed E-state index contributed by atoms with van der Waals surface area (Å²) in [6, 6.07) is 2.98. The van der Waals surface area contributed by atoms with E-state index >= 15 is 0 Å². The van der Waals surface area contributed by atoms with Crippen LogP contribution < -0.4 is 5.32 Å². The van der Waals surface area contributed by atoms with Gasteiger partial charge < -0.3 is 0 Å². The molecule has 96 valence electrons. The highest BCUT2D eigenvalue weighted by atomic mass is 35.5. The molecule has 0 bridgehead atoms. The number of alkyl halides is 3. The predicted molar refractivity (Wildman–Crippen MR) is 62.2 cm³/mol. The van der Waals surface area contributed by atoms with Crippen LogP contribution in [0, 0.1) is 0 Å². The Bertz CT molecular complexity index is 580. The minimum Gasteiger partial charge on any atom is -0.296 e. The van der Waals surface area contributed by atoms with Crippen molar-refractivity contribution in [1.29, 1.82) is 0 Å². The van der Waals surface area contributed by atoms with Crippen molar-refractivity contribution in [2.45, 2.75) is 6.18 Å². The summed E-state index contributed by atoms with van der Waals surface area (Å²) >= 11 is 6.91. The smallest absolute Gasteiger partial charge is 0.296 e. The van der Waals surface area contributed by atoms with Crippen LogP contribution in [0.15, 0.2) is 12.1 Å². The maximum Gasteiger partial charge on any atom is 0.445 e. The largest absolute Gasteiger partial charge is 0.445 e. The fourth-order valence-corrected chi connectivity index (χ4v) is 2.53. The Balaban J connectivity index is 2.10. The van der Waals surface area contributed by atoms with Gasteiger partial charge in [0.25, 0.3) is 5.91 Å². The van der Waals surface area contributed by atoms with E-state index in [1.54, 1.807) is 0 Å². The van der Waals surface area contributed by atoms with Crippen LogP contribution in [0.5, 0.6) is 0 Å². The number of nitrogens with zero attached hydrogens (tertiary/aromatic N) is 2. The molecule has 4 nitrogen and oxygen atoms in total. The minimum absolute atomic E-state index is 0.211. The van der Waals surface area contributed by atoms with Crippen molar-refractivity contribution < 1.29 is 18.0 Å².